The first-order chi connectivity index (χ1) is 18.4. The molecule has 0 aliphatic carbocycles. The highest BCUT2D eigenvalue weighted by atomic mass is 35.5. The second-order valence-corrected chi connectivity index (χ2v) is 9.26. The second kappa shape index (κ2) is 12.6. The maximum Gasteiger partial charge on any atom is 0.311 e. The van der Waals surface area contributed by atoms with Gasteiger partial charge >= 0.3 is 5.69 Å². The van der Waals surface area contributed by atoms with Crippen molar-refractivity contribution < 1.29 is 19.1 Å². The number of anilines is 2. The van der Waals surface area contributed by atoms with Crippen molar-refractivity contribution >= 4 is 51.2 Å². The number of hydrogen-bond acceptors (Lipinski definition) is 8. The van der Waals surface area contributed by atoms with Crippen LogP contribution >= 0.6 is 23.2 Å². The first-order valence-corrected chi connectivity index (χ1v) is 12.6. The van der Waals surface area contributed by atoms with Crippen molar-refractivity contribution in [3.63, 3.8) is 0 Å². The van der Waals surface area contributed by atoms with Crippen LogP contribution in [0.3, 0.4) is 0 Å². The molecule has 1 aromatic heterocycles. The molecular weight excluding hydrogens is 531 g/mol. The molecule has 1 aliphatic rings. The number of hydrogen-bond donors (Lipinski definition) is 1. The van der Waals surface area contributed by atoms with E-state index in [0.717, 1.165) is 0 Å². The third-order valence-electron chi connectivity index (χ3n) is 5.72. The predicted octanol–water partition coefficient (Wildman–Crippen LogP) is 7.05. The summed E-state index contributed by atoms with van der Waals surface area (Å²) in [6.07, 6.45) is 7.83. The normalized spacial score (nSPS) is 15.5. The number of pyridine rings is 1. The smallest absolute Gasteiger partial charge is 0.311 e. The fraction of sp³-hybridized carbons (Fsp3) is 0.259. The highest BCUT2D eigenvalue weighted by molar-refractivity contribution is 6.32. The van der Waals surface area contributed by atoms with Gasteiger partial charge in [-0.1, -0.05) is 35.4 Å². The number of allylic oxidation sites excluding steroid dienone is 3. The largest absolute Gasteiger partial charge is 0.492 e. The molecule has 4 rings (SSSR count). The number of ether oxygens (including phenoxy) is 3. The quantitative estimate of drug-likeness (QED) is 0.161. The van der Waals surface area contributed by atoms with Gasteiger partial charge in [0.2, 0.25) is 0 Å². The van der Waals surface area contributed by atoms with E-state index in [1.54, 1.807) is 24.3 Å². The van der Waals surface area contributed by atoms with Crippen LogP contribution in [0.4, 0.5) is 17.1 Å². The van der Waals surface area contributed by atoms with Crippen LogP contribution in [-0.2, 0) is 4.74 Å². The molecule has 1 aliphatic heterocycles. The molecule has 0 amide bonds. The van der Waals surface area contributed by atoms with E-state index in [0.29, 0.717) is 70.7 Å². The number of rotatable bonds is 10. The Morgan fingerprint density at radius 2 is 2.21 bits per heavy atom. The Labute approximate surface area is 229 Å². The van der Waals surface area contributed by atoms with E-state index >= 15 is 0 Å². The van der Waals surface area contributed by atoms with Crippen LogP contribution in [0.5, 0.6) is 11.5 Å². The number of nitrogens with one attached hydrogen (secondary N) is 1. The van der Waals surface area contributed by atoms with Gasteiger partial charge in [-0.15, -0.1) is 0 Å². The molecule has 196 valence electrons. The Morgan fingerprint density at radius 1 is 1.37 bits per heavy atom. The molecule has 1 atom stereocenters. The van der Waals surface area contributed by atoms with Gasteiger partial charge in [-0.3, -0.25) is 15.1 Å². The Bertz CT molecular complexity index is 1450. The van der Waals surface area contributed by atoms with Crippen LogP contribution in [0.1, 0.15) is 25.3 Å². The van der Waals surface area contributed by atoms with Gasteiger partial charge in [0.25, 0.3) is 0 Å². The van der Waals surface area contributed by atoms with Crippen LogP contribution in [0, 0.1) is 21.4 Å². The molecule has 2 heterocycles. The minimum atomic E-state index is -0.517. The lowest BCUT2D eigenvalue weighted by Crippen LogP contribution is -2.16. The summed E-state index contributed by atoms with van der Waals surface area (Å²) in [5.41, 5.74) is 1.34. The third-order valence-corrected chi connectivity index (χ3v) is 6.33. The van der Waals surface area contributed by atoms with Crippen LogP contribution in [0.2, 0.25) is 5.02 Å². The molecule has 11 heteroatoms. The van der Waals surface area contributed by atoms with E-state index in [4.69, 9.17) is 37.4 Å². The average molecular weight is 555 g/mol. The number of fused-ring (bicyclic) bond motifs is 1. The van der Waals surface area contributed by atoms with Gasteiger partial charge in [0.05, 0.1) is 46.5 Å². The molecule has 0 spiro atoms. The Kier molecular flexibility index (Phi) is 9.02. The number of nitro benzene ring substituents is 1. The van der Waals surface area contributed by atoms with E-state index < -0.39 is 4.92 Å². The fourth-order valence-electron chi connectivity index (χ4n) is 3.83. The molecule has 0 radical (unpaired) electrons. The number of aromatic nitrogens is 1. The van der Waals surface area contributed by atoms with Crippen LogP contribution in [-0.4, -0.2) is 35.8 Å². The van der Waals surface area contributed by atoms with Crippen LogP contribution in [0.25, 0.3) is 10.9 Å². The monoisotopic (exact) mass is 554 g/mol. The summed E-state index contributed by atoms with van der Waals surface area (Å²) >= 11 is 12.6. The number of nitriles is 1. The van der Waals surface area contributed by atoms with Crippen molar-refractivity contribution in [3.05, 3.63) is 80.5 Å². The number of nitro groups is 1. The Balaban J connectivity index is 1.61. The zero-order chi connectivity index (χ0) is 27.1. The molecule has 2 aromatic carbocycles. The summed E-state index contributed by atoms with van der Waals surface area (Å²) in [4.78, 5) is 15.7. The Morgan fingerprint density at radius 3 is 2.89 bits per heavy atom. The second-order valence-electron chi connectivity index (χ2n) is 8.36. The van der Waals surface area contributed by atoms with E-state index in [-0.39, 0.29) is 23.1 Å². The molecule has 38 heavy (non-hydrogen) atoms. The standard InChI is InChI=1S/C27H24Cl2N4O5/c1-2-3-4-18(28)7-10-37-25-6-5-19(11-22(25)29)32-27-17(14-30)15-31-23-13-26(38-20-8-9-36-16-20)24(33(34)35)12-21(23)27/h2-6,11-13,15,20H,7-10,16H2,1H3,(H,31,32)/b3-2-,18-4+. The average Bonchev–Trinajstić information content (AvgIpc) is 3.41. The Hall–Kier alpha value is -3.84. The molecule has 0 saturated carbocycles. The molecule has 1 N–H and O–H groups in total. The van der Waals surface area contributed by atoms with Gasteiger partial charge in [-0.05, 0) is 31.2 Å². The molecule has 3 aromatic rings. The van der Waals surface area contributed by atoms with E-state index in [9.17, 15) is 15.4 Å². The van der Waals surface area contributed by atoms with Gasteiger partial charge in [0, 0.05) is 47.3 Å². The number of benzene rings is 2. The highest BCUT2D eigenvalue weighted by Gasteiger charge is 2.25. The zero-order valence-electron chi connectivity index (χ0n) is 20.4. The lowest BCUT2D eigenvalue weighted by Gasteiger charge is -2.15. The summed E-state index contributed by atoms with van der Waals surface area (Å²) in [6.45, 7) is 3.15. The SMILES string of the molecule is C/C=C\C=C(\Cl)CCOc1ccc(Nc2c(C#N)cnc3cc(OC4CCOC4)c([N+](=O)[O-])cc23)cc1Cl. The minimum Gasteiger partial charge on any atom is -0.492 e. The third kappa shape index (κ3) is 6.53. The lowest BCUT2D eigenvalue weighted by atomic mass is 10.1. The van der Waals surface area contributed by atoms with Gasteiger partial charge in [0.15, 0.2) is 5.75 Å². The van der Waals surface area contributed by atoms with Gasteiger partial charge in [-0.25, -0.2) is 0 Å². The summed E-state index contributed by atoms with van der Waals surface area (Å²) in [7, 11) is 0. The molecule has 0 bridgehead atoms. The van der Waals surface area contributed by atoms with Crippen molar-refractivity contribution in [1.29, 1.82) is 5.26 Å². The first-order valence-electron chi connectivity index (χ1n) is 11.8. The summed E-state index contributed by atoms with van der Waals surface area (Å²) in [5.74, 6) is 0.576. The lowest BCUT2D eigenvalue weighted by molar-refractivity contribution is -0.385. The van der Waals surface area contributed by atoms with Crippen molar-refractivity contribution in [1.82, 2.24) is 4.98 Å². The first kappa shape index (κ1) is 27.2. The van der Waals surface area contributed by atoms with Crippen molar-refractivity contribution in [3.8, 4) is 17.6 Å². The van der Waals surface area contributed by atoms with Gasteiger partial charge in [-0.2, -0.15) is 5.26 Å². The molecular formula is C27H24Cl2N4O5. The molecule has 1 fully saturated rings. The minimum absolute atomic E-state index is 0.103. The van der Waals surface area contributed by atoms with Gasteiger partial charge in [0.1, 0.15) is 17.9 Å². The zero-order valence-corrected chi connectivity index (χ0v) is 22.0. The van der Waals surface area contributed by atoms with Crippen molar-refractivity contribution in [2.45, 2.75) is 25.9 Å². The molecule has 1 saturated heterocycles. The van der Waals surface area contributed by atoms with Gasteiger partial charge < -0.3 is 19.5 Å². The predicted molar refractivity (Wildman–Crippen MR) is 147 cm³/mol. The highest BCUT2D eigenvalue weighted by Crippen LogP contribution is 2.38. The summed E-state index contributed by atoms with van der Waals surface area (Å²) in [5, 5.41) is 26.1. The van der Waals surface area contributed by atoms with E-state index in [1.807, 2.05) is 19.1 Å². The van der Waals surface area contributed by atoms with Crippen LogP contribution in [0.15, 0.2) is 59.8 Å². The maximum absolute atomic E-state index is 11.9. The number of nitrogens with zero attached hydrogens (tertiary/aromatic N) is 3. The maximum atomic E-state index is 11.9. The van der Waals surface area contributed by atoms with Crippen molar-refractivity contribution in [2.24, 2.45) is 0 Å². The van der Waals surface area contributed by atoms with E-state index in [2.05, 4.69) is 16.4 Å². The van der Waals surface area contributed by atoms with Crippen molar-refractivity contribution in [2.75, 3.05) is 25.1 Å². The summed E-state index contributed by atoms with van der Waals surface area (Å²) < 4.78 is 16.9. The van der Waals surface area contributed by atoms with E-state index in [1.165, 1.54) is 18.3 Å². The summed E-state index contributed by atoms with van der Waals surface area (Å²) in [6, 6.07) is 10.0. The topological polar surface area (TPSA) is 120 Å². The van der Waals surface area contributed by atoms with Crippen LogP contribution < -0.4 is 14.8 Å². The fourth-order valence-corrected chi connectivity index (χ4v) is 4.22. The molecule has 1 unspecified atom stereocenters. The molecule has 9 nitrogen and oxygen atoms in total. The number of halogens is 2.